The molecular formula is C21H22Cl2N4O6. The highest BCUT2D eigenvalue weighted by Gasteiger charge is 2.28. The van der Waals surface area contributed by atoms with Crippen LogP contribution in [-0.2, 0) is 16.0 Å². The summed E-state index contributed by atoms with van der Waals surface area (Å²) in [6.45, 7) is 3.23. The Labute approximate surface area is 199 Å². The van der Waals surface area contributed by atoms with E-state index < -0.39 is 17.9 Å². The Hall–Kier alpha value is -3.24. The monoisotopic (exact) mass is 496 g/mol. The number of halogens is 2. The highest BCUT2D eigenvalue weighted by molar-refractivity contribution is 6.35. The van der Waals surface area contributed by atoms with Crippen LogP contribution in [0.5, 0.6) is 5.75 Å². The molecule has 0 aliphatic heterocycles. The molecule has 0 atom stereocenters. The number of nitrogens with zero attached hydrogens (tertiary/aromatic N) is 1. The Morgan fingerprint density at radius 1 is 1.18 bits per heavy atom. The fraction of sp³-hybridized carbons (Fsp3) is 0.333. The lowest BCUT2D eigenvalue weighted by atomic mass is 9.93. The minimum Gasteiger partial charge on any atom is -0.482 e. The van der Waals surface area contributed by atoms with E-state index in [0.29, 0.717) is 40.5 Å². The van der Waals surface area contributed by atoms with Gasteiger partial charge in [-0.05, 0) is 44.9 Å². The van der Waals surface area contributed by atoms with Gasteiger partial charge in [0.05, 0.1) is 17.3 Å². The summed E-state index contributed by atoms with van der Waals surface area (Å²) in [5, 5.41) is 4.80. The number of fused-ring (bicyclic) bond motifs is 1. The number of hydrogen-bond donors (Lipinski definition) is 3. The fourth-order valence-corrected chi connectivity index (χ4v) is 3.69. The molecule has 176 valence electrons. The van der Waals surface area contributed by atoms with E-state index in [1.54, 1.807) is 19.9 Å². The normalized spacial score (nSPS) is 13.8. The van der Waals surface area contributed by atoms with Crippen LogP contribution in [-0.4, -0.2) is 36.8 Å². The van der Waals surface area contributed by atoms with Crippen molar-refractivity contribution in [3.8, 4) is 5.75 Å². The molecule has 0 fully saturated rings. The van der Waals surface area contributed by atoms with Gasteiger partial charge in [0.1, 0.15) is 11.5 Å². The Balaban J connectivity index is 1.61. The number of aryl methyl sites for hydroxylation is 1. The molecule has 2 aromatic rings. The maximum absolute atomic E-state index is 12.6. The van der Waals surface area contributed by atoms with Crippen molar-refractivity contribution in [1.82, 2.24) is 16.3 Å². The van der Waals surface area contributed by atoms with Crippen LogP contribution >= 0.6 is 23.2 Å². The molecule has 0 saturated carbocycles. The predicted molar refractivity (Wildman–Crippen MR) is 121 cm³/mol. The van der Waals surface area contributed by atoms with Crippen LogP contribution in [0.3, 0.4) is 0 Å². The molecule has 1 aromatic carbocycles. The van der Waals surface area contributed by atoms with Gasteiger partial charge in [-0.15, -0.1) is 0 Å². The van der Waals surface area contributed by atoms with Crippen LogP contribution in [0.2, 0.25) is 10.0 Å². The molecule has 1 heterocycles. The van der Waals surface area contributed by atoms with Crippen LogP contribution < -0.4 is 21.0 Å². The second-order valence-corrected chi connectivity index (χ2v) is 7.81. The second kappa shape index (κ2) is 11.1. The molecule has 0 radical (unpaired) electrons. The SMILES string of the molecule is CCOC(=O)N/N=C1\CCCc2oc(C(=O)NNC(=O)COc3ccc(Cl)cc3Cl)c(C)c21. The molecule has 1 aromatic heterocycles. The van der Waals surface area contributed by atoms with Gasteiger partial charge in [-0.1, -0.05) is 23.2 Å². The molecule has 3 rings (SSSR count). The van der Waals surface area contributed by atoms with Crippen molar-refractivity contribution in [2.24, 2.45) is 5.10 Å². The molecule has 33 heavy (non-hydrogen) atoms. The third kappa shape index (κ3) is 6.17. The molecule has 3 amide bonds. The summed E-state index contributed by atoms with van der Waals surface area (Å²) in [6, 6.07) is 4.59. The van der Waals surface area contributed by atoms with E-state index in [9.17, 15) is 14.4 Å². The highest BCUT2D eigenvalue weighted by Crippen LogP contribution is 2.30. The molecule has 1 aliphatic carbocycles. The molecule has 1 aliphatic rings. The van der Waals surface area contributed by atoms with Gasteiger partial charge in [0.15, 0.2) is 12.4 Å². The number of carbonyl (C=O) groups is 3. The molecular weight excluding hydrogens is 475 g/mol. The Morgan fingerprint density at radius 2 is 1.97 bits per heavy atom. The summed E-state index contributed by atoms with van der Waals surface area (Å²) in [5.74, 6) is -0.352. The van der Waals surface area contributed by atoms with Crippen molar-refractivity contribution >= 4 is 46.8 Å². The molecule has 0 saturated heterocycles. The van der Waals surface area contributed by atoms with E-state index in [-0.39, 0.29) is 29.7 Å². The number of hydrazone groups is 1. The standard InChI is InChI=1S/C21H22Cl2N4O6/c1-3-31-21(30)27-24-14-5-4-6-16-18(14)11(2)19(33-16)20(29)26-25-17(28)10-32-15-8-7-12(22)9-13(15)23/h7-9H,3-6,10H2,1-2H3,(H,25,28)(H,26,29)(H,27,30)/b24-14+. The van der Waals surface area contributed by atoms with E-state index in [1.165, 1.54) is 12.1 Å². The number of hydrogen-bond acceptors (Lipinski definition) is 7. The number of furan rings is 1. The average molecular weight is 497 g/mol. The first-order valence-corrected chi connectivity index (χ1v) is 10.8. The zero-order valence-corrected chi connectivity index (χ0v) is 19.4. The first-order chi connectivity index (χ1) is 15.8. The van der Waals surface area contributed by atoms with Crippen molar-refractivity contribution < 1.29 is 28.3 Å². The van der Waals surface area contributed by atoms with Gasteiger partial charge < -0.3 is 13.9 Å². The number of benzene rings is 1. The number of hydrazine groups is 1. The Bertz CT molecular complexity index is 1100. The quantitative estimate of drug-likeness (QED) is 0.524. The van der Waals surface area contributed by atoms with Crippen molar-refractivity contribution in [2.45, 2.75) is 33.1 Å². The van der Waals surface area contributed by atoms with Gasteiger partial charge in [0.2, 0.25) is 0 Å². The van der Waals surface area contributed by atoms with E-state index in [2.05, 4.69) is 21.4 Å². The summed E-state index contributed by atoms with van der Waals surface area (Å²) in [6.07, 6.45) is 1.29. The van der Waals surface area contributed by atoms with Crippen molar-refractivity contribution in [3.05, 3.63) is 50.9 Å². The number of rotatable bonds is 6. The predicted octanol–water partition coefficient (Wildman–Crippen LogP) is 3.52. The van der Waals surface area contributed by atoms with Gasteiger partial charge in [-0.2, -0.15) is 5.10 Å². The van der Waals surface area contributed by atoms with E-state index in [4.69, 9.17) is 37.1 Å². The summed E-state index contributed by atoms with van der Waals surface area (Å²) in [4.78, 5) is 36.2. The zero-order valence-electron chi connectivity index (χ0n) is 17.9. The Kier molecular flexibility index (Phi) is 8.18. The maximum Gasteiger partial charge on any atom is 0.427 e. The van der Waals surface area contributed by atoms with Gasteiger partial charge in [-0.3, -0.25) is 20.4 Å². The van der Waals surface area contributed by atoms with Crippen LogP contribution in [0, 0.1) is 6.92 Å². The molecule has 10 nitrogen and oxygen atoms in total. The summed E-state index contributed by atoms with van der Waals surface area (Å²) >= 11 is 11.8. The molecule has 0 spiro atoms. The fourth-order valence-electron chi connectivity index (χ4n) is 3.23. The average Bonchev–Trinajstić information content (AvgIpc) is 3.13. The first kappa shape index (κ1) is 24.4. The number of nitrogens with one attached hydrogen (secondary N) is 3. The topological polar surface area (TPSA) is 131 Å². The van der Waals surface area contributed by atoms with Crippen LogP contribution in [0.4, 0.5) is 4.79 Å². The van der Waals surface area contributed by atoms with Crippen LogP contribution in [0.1, 0.15) is 47.2 Å². The molecule has 3 N–H and O–H groups in total. The number of amides is 3. The van der Waals surface area contributed by atoms with Gasteiger partial charge in [0.25, 0.3) is 5.91 Å². The van der Waals surface area contributed by atoms with Crippen LogP contribution in [0.15, 0.2) is 27.7 Å². The molecule has 0 unspecified atom stereocenters. The summed E-state index contributed by atoms with van der Waals surface area (Å²) in [5.41, 5.74) is 8.68. The van der Waals surface area contributed by atoms with Crippen molar-refractivity contribution in [3.63, 3.8) is 0 Å². The van der Waals surface area contributed by atoms with E-state index in [1.807, 2.05) is 0 Å². The largest absolute Gasteiger partial charge is 0.482 e. The van der Waals surface area contributed by atoms with Gasteiger partial charge >= 0.3 is 12.0 Å². The molecule has 0 bridgehead atoms. The maximum atomic E-state index is 12.6. The second-order valence-electron chi connectivity index (χ2n) is 6.96. The number of carbonyl (C=O) groups excluding carboxylic acids is 3. The van der Waals surface area contributed by atoms with Crippen molar-refractivity contribution in [1.29, 1.82) is 0 Å². The summed E-state index contributed by atoms with van der Waals surface area (Å²) < 4.78 is 15.8. The number of ether oxygens (including phenoxy) is 2. The minimum absolute atomic E-state index is 0.0349. The third-order valence-corrected chi connectivity index (χ3v) is 5.19. The molecule has 12 heteroatoms. The first-order valence-electron chi connectivity index (χ1n) is 10.1. The zero-order chi connectivity index (χ0) is 24.0. The minimum atomic E-state index is -0.666. The van der Waals surface area contributed by atoms with Gasteiger partial charge in [-0.25, -0.2) is 10.2 Å². The van der Waals surface area contributed by atoms with Gasteiger partial charge in [0, 0.05) is 22.6 Å². The van der Waals surface area contributed by atoms with Crippen LogP contribution in [0.25, 0.3) is 0 Å². The Morgan fingerprint density at radius 3 is 2.70 bits per heavy atom. The lowest BCUT2D eigenvalue weighted by molar-refractivity contribution is -0.123. The van der Waals surface area contributed by atoms with Crippen molar-refractivity contribution in [2.75, 3.05) is 13.2 Å². The summed E-state index contributed by atoms with van der Waals surface area (Å²) in [7, 11) is 0. The van der Waals surface area contributed by atoms with E-state index >= 15 is 0 Å². The highest BCUT2D eigenvalue weighted by atomic mass is 35.5. The smallest absolute Gasteiger partial charge is 0.427 e. The lowest BCUT2D eigenvalue weighted by Gasteiger charge is -2.13. The third-order valence-electron chi connectivity index (χ3n) is 4.66. The lowest BCUT2D eigenvalue weighted by Crippen LogP contribution is -2.43. The van der Waals surface area contributed by atoms with E-state index in [0.717, 1.165) is 6.42 Å².